The Morgan fingerprint density at radius 1 is 1.04 bits per heavy atom. The second-order valence-electron chi connectivity index (χ2n) is 5.76. The predicted molar refractivity (Wildman–Crippen MR) is 97.8 cm³/mol. The van der Waals surface area contributed by atoms with Crippen LogP contribution < -0.4 is 15.4 Å². The molecule has 0 saturated carbocycles. The van der Waals surface area contributed by atoms with Crippen molar-refractivity contribution in [2.24, 2.45) is 0 Å². The highest BCUT2D eigenvalue weighted by Gasteiger charge is 2.28. The van der Waals surface area contributed by atoms with Gasteiger partial charge in [-0.1, -0.05) is 48.5 Å². The molecule has 1 atom stereocenters. The Morgan fingerprint density at radius 3 is 2.48 bits per heavy atom. The van der Waals surface area contributed by atoms with Crippen LogP contribution in [0.3, 0.4) is 0 Å². The zero-order valence-corrected chi connectivity index (χ0v) is 14.6. The van der Waals surface area contributed by atoms with Crippen LogP contribution in [0, 0.1) is 0 Å². The molecule has 2 N–H and O–H groups in total. The molecule has 7 nitrogen and oxygen atoms in total. The van der Waals surface area contributed by atoms with Crippen molar-refractivity contribution in [1.82, 2.24) is 10.6 Å². The average molecular weight is 366 g/mol. The van der Waals surface area contributed by atoms with E-state index in [1.165, 1.54) is 7.05 Å². The first-order chi connectivity index (χ1) is 13.1. The molecule has 7 heteroatoms. The Hall–Kier alpha value is -3.61. The van der Waals surface area contributed by atoms with E-state index in [2.05, 4.69) is 10.6 Å². The lowest BCUT2D eigenvalue weighted by Crippen LogP contribution is -2.41. The van der Waals surface area contributed by atoms with Gasteiger partial charge in [-0.2, -0.15) is 0 Å². The summed E-state index contributed by atoms with van der Waals surface area (Å²) >= 11 is 0. The second kappa shape index (κ2) is 8.18. The summed E-state index contributed by atoms with van der Waals surface area (Å²) in [6.07, 6.45) is 0.397. The van der Waals surface area contributed by atoms with Crippen LogP contribution >= 0.6 is 0 Å². The molecule has 0 fully saturated rings. The van der Waals surface area contributed by atoms with Gasteiger partial charge >= 0.3 is 12.0 Å². The number of para-hydroxylation sites is 1. The van der Waals surface area contributed by atoms with Gasteiger partial charge in [0.2, 0.25) is 6.10 Å². The van der Waals surface area contributed by atoms with E-state index in [9.17, 15) is 14.4 Å². The Balaban J connectivity index is 1.82. The molecule has 0 saturated heterocycles. The summed E-state index contributed by atoms with van der Waals surface area (Å²) < 4.78 is 11.0. The molecule has 1 aliphatic rings. The van der Waals surface area contributed by atoms with E-state index in [1.54, 1.807) is 42.5 Å². The minimum atomic E-state index is -1.27. The fraction of sp³-hybridized carbons (Fsp3) is 0.150. The van der Waals surface area contributed by atoms with Gasteiger partial charge in [0.1, 0.15) is 12.4 Å². The van der Waals surface area contributed by atoms with Crippen molar-refractivity contribution in [3.05, 3.63) is 71.3 Å². The number of ether oxygens (including phenoxy) is 2. The predicted octanol–water partition coefficient (Wildman–Crippen LogP) is 2.20. The average Bonchev–Trinajstić information content (AvgIpc) is 2.71. The summed E-state index contributed by atoms with van der Waals surface area (Å²) in [5, 5.41) is 4.42. The van der Waals surface area contributed by atoms with Gasteiger partial charge in [0.25, 0.3) is 5.91 Å². The molecule has 0 bridgehead atoms. The number of carbonyl (C=O) groups excluding carboxylic acids is 3. The Labute approximate surface area is 156 Å². The van der Waals surface area contributed by atoms with Gasteiger partial charge in [-0.05, 0) is 12.1 Å². The number of esters is 1. The van der Waals surface area contributed by atoms with Gasteiger partial charge in [-0.15, -0.1) is 0 Å². The number of nitrogens with one attached hydrogen (secondary N) is 2. The highest BCUT2D eigenvalue weighted by Crippen LogP contribution is 2.27. The van der Waals surface area contributed by atoms with Crippen LogP contribution in [0.1, 0.15) is 17.2 Å². The van der Waals surface area contributed by atoms with Gasteiger partial charge in [0, 0.05) is 18.2 Å². The highest BCUT2D eigenvalue weighted by molar-refractivity contribution is 6.00. The number of fused-ring (bicyclic) bond motifs is 1. The fourth-order valence-corrected chi connectivity index (χ4v) is 2.56. The maximum atomic E-state index is 12.6. The molecule has 0 aliphatic carbocycles. The summed E-state index contributed by atoms with van der Waals surface area (Å²) in [7, 11) is 1.38. The molecule has 0 aromatic heterocycles. The molecular weight excluding hydrogens is 348 g/mol. The molecule has 1 aliphatic heterocycles. The van der Waals surface area contributed by atoms with Crippen LogP contribution in [0.4, 0.5) is 4.79 Å². The summed E-state index contributed by atoms with van der Waals surface area (Å²) in [6.45, 7) is 0.0361. The summed E-state index contributed by atoms with van der Waals surface area (Å²) in [4.78, 5) is 36.5. The minimum Gasteiger partial charge on any atom is -0.488 e. The lowest BCUT2D eigenvalue weighted by Gasteiger charge is -2.21. The Morgan fingerprint density at radius 2 is 1.74 bits per heavy atom. The van der Waals surface area contributed by atoms with E-state index in [0.29, 0.717) is 11.3 Å². The van der Waals surface area contributed by atoms with Crippen molar-refractivity contribution < 1.29 is 23.9 Å². The third-order valence-corrected chi connectivity index (χ3v) is 3.92. The molecule has 0 unspecified atom stereocenters. The number of hydrogen-bond donors (Lipinski definition) is 2. The molecule has 0 spiro atoms. The van der Waals surface area contributed by atoms with E-state index in [-0.39, 0.29) is 12.2 Å². The second-order valence-corrected chi connectivity index (χ2v) is 5.76. The third kappa shape index (κ3) is 4.33. The van der Waals surface area contributed by atoms with Crippen LogP contribution in [0.5, 0.6) is 5.75 Å². The normalized spacial score (nSPS) is 13.3. The molecule has 27 heavy (non-hydrogen) atoms. The van der Waals surface area contributed by atoms with Crippen molar-refractivity contribution in [3.63, 3.8) is 0 Å². The lowest BCUT2D eigenvalue weighted by molar-refractivity contribution is -0.152. The molecule has 138 valence electrons. The number of imide groups is 1. The Bertz CT molecular complexity index is 892. The van der Waals surface area contributed by atoms with Crippen molar-refractivity contribution >= 4 is 24.0 Å². The highest BCUT2D eigenvalue weighted by atomic mass is 16.6. The molecule has 3 rings (SSSR count). The maximum Gasteiger partial charge on any atom is 0.338 e. The van der Waals surface area contributed by atoms with Crippen molar-refractivity contribution in [1.29, 1.82) is 0 Å². The van der Waals surface area contributed by atoms with Crippen LogP contribution in [0.15, 0.2) is 60.2 Å². The SMILES string of the molecule is CNC(=O)NC(=O)[C@H](OC(=O)C1=Cc2ccccc2OC1)c1ccccc1. The number of urea groups is 1. The zero-order valence-electron chi connectivity index (χ0n) is 14.6. The van der Waals surface area contributed by atoms with Crippen molar-refractivity contribution in [2.75, 3.05) is 13.7 Å². The molecule has 3 amide bonds. The van der Waals surface area contributed by atoms with Gasteiger partial charge < -0.3 is 14.8 Å². The first kappa shape index (κ1) is 18.2. The van der Waals surface area contributed by atoms with Crippen LogP contribution in [-0.2, 0) is 14.3 Å². The number of rotatable bonds is 4. The lowest BCUT2D eigenvalue weighted by atomic mass is 10.1. The van der Waals surface area contributed by atoms with Crippen molar-refractivity contribution in [2.45, 2.75) is 6.10 Å². The standard InChI is InChI=1S/C20H18N2O5/c1-21-20(25)22-18(23)17(13-7-3-2-4-8-13)27-19(24)15-11-14-9-5-6-10-16(14)26-12-15/h2-11,17H,12H2,1H3,(H2,21,22,23,25)/t17-/m1/s1. The molecule has 0 radical (unpaired) electrons. The minimum absolute atomic E-state index is 0.0361. The van der Waals surface area contributed by atoms with Gasteiger partial charge in [-0.25, -0.2) is 9.59 Å². The number of benzene rings is 2. The summed E-state index contributed by atoms with van der Waals surface area (Å²) in [6, 6.07) is 15.1. The first-order valence-corrected chi connectivity index (χ1v) is 8.29. The van der Waals surface area contributed by atoms with Gasteiger partial charge in [0.15, 0.2) is 0 Å². The monoisotopic (exact) mass is 366 g/mol. The van der Waals surface area contributed by atoms with E-state index >= 15 is 0 Å². The van der Waals surface area contributed by atoms with Crippen LogP contribution in [-0.4, -0.2) is 31.6 Å². The molecular formula is C20H18N2O5. The summed E-state index contributed by atoms with van der Waals surface area (Å²) in [5.74, 6) is -0.761. The largest absolute Gasteiger partial charge is 0.488 e. The number of hydrogen-bond acceptors (Lipinski definition) is 5. The topological polar surface area (TPSA) is 93.7 Å². The van der Waals surface area contributed by atoms with E-state index in [0.717, 1.165) is 5.56 Å². The van der Waals surface area contributed by atoms with Gasteiger partial charge in [-0.3, -0.25) is 10.1 Å². The summed E-state index contributed by atoms with van der Waals surface area (Å²) in [5.41, 5.74) is 1.48. The third-order valence-electron chi connectivity index (χ3n) is 3.92. The quantitative estimate of drug-likeness (QED) is 0.809. The van der Waals surface area contributed by atoms with Gasteiger partial charge in [0.05, 0.1) is 5.57 Å². The van der Waals surface area contributed by atoms with Crippen LogP contribution in [0.2, 0.25) is 0 Å². The first-order valence-electron chi connectivity index (χ1n) is 8.29. The number of carbonyl (C=O) groups is 3. The van der Waals surface area contributed by atoms with E-state index in [4.69, 9.17) is 9.47 Å². The van der Waals surface area contributed by atoms with E-state index in [1.807, 2.05) is 18.2 Å². The number of amides is 3. The smallest absolute Gasteiger partial charge is 0.338 e. The van der Waals surface area contributed by atoms with E-state index < -0.39 is 24.0 Å². The fourth-order valence-electron chi connectivity index (χ4n) is 2.56. The molecule has 2 aromatic rings. The Kier molecular flexibility index (Phi) is 5.51. The molecule has 1 heterocycles. The van der Waals surface area contributed by atoms with Crippen LogP contribution in [0.25, 0.3) is 6.08 Å². The molecule has 2 aromatic carbocycles. The van der Waals surface area contributed by atoms with Crippen molar-refractivity contribution in [3.8, 4) is 5.75 Å². The zero-order chi connectivity index (χ0) is 19.2. The maximum absolute atomic E-state index is 12.6.